The van der Waals surface area contributed by atoms with Gasteiger partial charge in [0.05, 0.1) is 30.3 Å². The number of anilines is 1. The number of imidazole rings is 1. The SMILES string of the molecule is O=C(Nc1cnc2ccc(-c3ccsc3)cc2c1)C(CO)n1ccnc1. The first kappa shape index (κ1) is 16.4. The van der Waals surface area contributed by atoms with Crippen molar-refractivity contribution >= 4 is 33.8 Å². The van der Waals surface area contributed by atoms with Crippen LogP contribution in [0.2, 0.25) is 0 Å². The first-order valence-corrected chi connectivity index (χ1v) is 9.00. The number of aliphatic hydroxyl groups is 1. The molecule has 0 aliphatic carbocycles. The molecule has 4 aromatic rings. The molecule has 1 unspecified atom stereocenters. The number of carbonyl (C=O) groups is 1. The van der Waals surface area contributed by atoms with E-state index in [0.717, 1.165) is 22.0 Å². The van der Waals surface area contributed by atoms with Gasteiger partial charge in [0.25, 0.3) is 0 Å². The highest BCUT2D eigenvalue weighted by Gasteiger charge is 2.19. The van der Waals surface area contributed by atoms with Crippen molar-refractivity contribution in [2.45, 2.75) is 6.04 Å². The zero-order valence-corrected chi connectivity index (χ0v) is 14.6. The standard InChI is InChI=1S/C19H16N4O2S/c24-10-18(23-5-4-20-12-23)19(25)22-16-8-15-7-13(14-3-6-26-11-14)1-2-17(15)21-9-16/h1-9,11-12,18,24H,10H2,(H,22,25). The molecule has 6 nitrogen and oxygen atoms in total. The lowest BCUT2D eigenvalue weighted by Crippen LogP contribution is -2.28. The highest BCUT2D eigenvalue weighted by Crippen LogP contribution is 2.27. The molecule has 0 aliphatic rings. The van der Waals surface area contributed by atoms with Crippen LogP contribution in [0.1, 0.15) is 6.04 Å². The maximum Gasteiger partial charge on any atom is 0.249 e. The summed E-state index contributed by atoms with van der Waals surface area (Å²) in [5.41, 5.74) is 3.71. The van der Waals surface area contributed by atoms with Crippen molar-refractivity contribution in [1.29, 1.82) is 0 Å². The van der Waals surface area contributed by atoms with Crippen LogP contribution in [-0.2, 0) is 4.79 Å². The Morgan fingerprint density at radius 1 is 1.27 bits per heavy atom. The van der Waals surface area contributed by atoms with Gasteiger partial charge >= 0.3 is 0 Å². The van der Waals surface area contributed by atoms with Crippen LogP contribution in [0.25, 0.3) is 22.0 Å². The third-order valence-electron chi connectivity index (χ3n) is 4.16. The summed E-state index contributed by atoms with van der Waals surface area (Å²) in [7, 11) is 0. The molecule has 2 N–H and O–H groups in total. The van der Waals surface area contributed by atoms with Gasteiger partial charge in [-0.05, 0) is 46.2 Å². The van der Waals surface area contributed by atoms with E-state index < -0.39 is 6.04 Å². The van der Waals surface area contributed by atoms with Crippen molar-refractivity contribution in [1.82, 2.24) is 14.5 Å². The van der Waals surface area contributed by atoms with E-state index >= 15 is 0 Å². The number of rotatable bonds is 5. The lowest BCUT2D eigenvalue weighted by Gasteiger charge is -2.15. The number of amides is 1. The maximum absolute atomic E-state index is 12.5. The van der Waals surface area contributed by atoms with Gasteiger partial charge < -0.3 is 15.0 Å². The summed E-state index contributed by atoms with van der Waals surface area (Å²) in [6, 6.07) is 9.29. The summed E-state index contributed by atoms with van der Waals surface area (Å²) in [5, 5.41) is 17.4. The number of fused-ring (bicyclic) bond motifs is 1. The maximum atomic E-state index is 12.5. The van der Waals surface area contributed by atoms with E-state index in [9.17, 15) is 9.90 Å². The van der Waals surface area contributed by atoms with Gasteiger partial charge in [-0.25, -0.2) is 4.98 Å². The molecule has 1 aromatic carbocycles. The van der Waals surface area contributed by atoms with E-state index in [4.69, 9.17) is 0 Å². The van der Waals surface area contributed by atoms with E-state index in [1.54, 1.807) is 34.5 Å². The van der Waals surface area contributed by atoms with E-state index in [2.05, 4.69) is 32.8 Å². The molecule has 26 heavy (non-hydrogen) atoms. The molecule has 3 aromatic heterocycles. The highest BCUT2D eigenvalue weighted by molar-refractivity contribution is 7.08. The largest absolute Gasteiger partial charge is 0.394 e. The molecule has 1 amide bonds. The van der Waals surface area contributed by atoms with Gasteiger partial charge in [-0.2, -0.15) is 11.3 Å². The van der Waals surface area contributed by atoms with Crippen LogP contribution in [0.3, 0.4) is 0 Å². The quantitative estimate of drug-likeness (QED) is 0.569. The second kappa shape index (κ2) is 7.07. The van der Waals surface area contributed by atoms with Crippen molar-refractivity contribution in [2.24, 2.45) is 0 Å². The van der Waals surface area contributed by atoms with E-state index in [1.807, 2.05) is 23.6 Å². The van der Waals surface area contributed by atoms with Crippen molar-refractivity contribution < 1.29 is 9.90 Å². The Morgan fingerprint density at radius 3 is 2.92 bits per heavy atom. The predicted octanol–water partition coefficient (Wildman–Crippen LogP) is 3.33. The van der Waals surface area contributed by atoms with Crippen molar-refractivity contribution in [3.63, 3.8) is 0 Å². The number of carbonyl (C=O) groups excluding carboxylic acids is 1. The molecule has 4 rings (SSSR count). The fraction of sp³-hybridized carbons (Fsp3) is 0.105. The summed E-state index contributed by atoms with van der Waals surface area (Å²) in [6.45, 7) is -0.314. The minimum atomic E-state index is -0.731. The van der Waals surface area contributed by atoms with Crippen LogP contribution in [0, 0.1) is 0 Å². The molecule has 0 saturated heterocycles. The van der Waals surface area contributed by atoms with Gasteiger partial charge in [0.15, 0.2) is 0 Å². The van der Waals surface area contributed by atoms with Gasteiger partial charge in [-0.15, -0.1) is 0 Å². The van der Waals surface area contributed by atoms with Gasteiger partial charge in [0.2, 0.25) is 5.91 Å². The molecular weight excluding hydrogens is 348 g/mol. The molecular formula is C19H16N4O2S. The molecule has 0 radical (unpaired) electrons. The number of thiophene rings is 1. The number of aliphatic hydroxyl groups excluding tert-OH is 1. The fourth-order valence-corrected chi connectivity index (χ4v) is 3.47. The number of hydrogen-bond acceptors (Lipinski definition) is 5. The minimum Gasteiger partial charge on any atom is -0.394 e. The number of benzene rings is 1. The summed E-state index contributed by atoms with van der Waals surface area (Å²) in [4.78, 5) is 20.8. The van der Waals surface area contributed by atoms with E-state index in [1.165, 1.54) is 6.33 Å². The Kier molecular flexibility index (Phi) is 4.47. The van der Waals surface area contributed by atoms with E-state index in [0.29, 0.717) is 5.69 Å². The molecule has 7 heteroatoms. The third-order valence-corrected chi connectivity index (χ3v) is 4.85. The van der Waals surface area contributed by atoms with Gasteiger partial charge in [0.1, 0.15) is 6.04 Å². The number of hydrogen-bond donors (Lipinski definition) is 2. The van der Waals surface area contributed by atoms with Crippen molar-refractivity contribution in [3.05, 3.63) is 66.0 Å². The number of nitrogens with zero attached hydrogens (tertiary/aromatic N) is 3. The highest BCUT2D eigenvalue weighted by atomic mass is 32.1. The molecule has 3 heterocycles. The van der Waals surface area contributed by atoms with Crippen LogP contribution >= 0.6 is 11.3 Å². The Morgan fingerprint density at radius 2 is 2.19 bits per heavy atom. The fourth-order valence-electron chi connectivity index (χ4n) is 2.80. The molecule has 0 spiro atoms. The lowest BCUT2D eigenvalue weighted by molar-refractivity contribution is -0.120. The minimum absolute atomic E-state index is 0.314. The number of aromatic nitrogens is 3. The second-order valence-corrected chi connectivity index (χ2v) is 6.62. The van der Waals surface area contributed by atoms with E-state index in [-0.39, 0.29) is 12.5 Å². The molecule has 0 bridgehead atoms. The van der Waals surface area contributed by atoms with Gasteiger partial charge in [-0.3, -0.25) is 9.78 Å². The first-order chi connectivity index (χ1) is 12.7. The molecule has 130 valence electrons. The van der Waals surface area contributed by atoms with Gasteiger partial charge in [0, 0.05) is 17.8 Å². The molecule has 1 atom stereocenters. The van der Waals surface area contributed by atoms with Crippen molar-refractivity contribution in [2.75, 3.05) is 11.9 Å². The summed E-state index contributed by atoms with van der Waals surface area (Å²) < 4.78 is 1.57. The average molecular weight is 364 g/mol. The summed E-state index contributed by atoms with van der Waals surface area (Å²) >= 11 is 1.65. The average Bonchev–Trinajstić information content (AvgIpc) is 3.36. The number of pyridine rings is 1. The Hall–Kier alpha value is -3.03. The topological polar surface area (TPSA) is 80.0 Å². The predicted molar refractivity (Wildman–Crippen MR) is 102 cm³/mol. The lowest BCUT2D eigenvalue weighted by atomic mass is 10.1. The van der Waals surface area contributed by atoms with Crippen LogP contribution in [-0.4, -0.2) is 32.2 Å². The van der Waals surface area contributed by atoms with Crippen molar-refractivity contribution in [3.8, 4) is 11.1 Å². The number of nitrogens with one attached hydrogen (secondary N) is 1. The van der Waals surface area contributed by atoms with Crippen LogP contribution in [0.5, 0.6) is 0 Å². The summed E-state index contributed by atoms with van der Waals surface area (Å²) in [6.07, 6.45) is 6.34. The Labute approximate surface area is 153 Å². The van der Waals surface area contributed by atoms with Crippen LogP contribution in [0.15, 0.2) is 66.0 Å². The molecule has 0 fully saturated rings. The Balaban J connectivity index is 1.61. The zero-order chi connectivity index (χ0) is 17.9. The normalized spacial score (nSPS) is 12.2. The zero-order valence-electron chi connectivity index (χ0n) is 13.7. The summed E-state index contributed by atoms with van der Waals surface area (Å²) in [5.74, 6) is -0.319. The Bertz CT molecular complexity index is 1030. The first-order valence-electron chi connectivity index (χ1n) is 8.06. The van der Waals surface area contributed by atoms with Crippen LogP contribution in [0.4, 0.5) is 5.69 Å². The van der Waals surface area contributed by atoms with Gasteiger partial charge in [-0.1, -0.05) is 6.07 Å². The monoisotopic (exact) mass is 364 g/mol. The smallest absolute Gasteiger partial charge is 0.249 e. The van der Waals surface area contributed by atoms with Crippen LogP contribution < -0.4 is 5.32 Å². The molecule has 0 aliphatic heterocycles. The third kappa shape index (κ3) is 3.22. The molecule has 0 saturated carbocycles. The second-order valence-electron chi connectivity index (χ2n) is 5.84.